The first-order valence-corrected chi connectivity index (χ1v) is 8.81. The van der Waals surface area contributed by atoms with Gasteiger partial charge in [-0.1, -0.05) is 12.1 Å². The summed E-state index contributed by atoms with van der Waals surface area (Å²) in [4.78, 5) is 25.5. The molecule has 1 N–H and O–H groups in total. The Kier molecular flexibility index (Phi) is 4.68. The maximum absolute atomic E-state index is 13.1. The summed E-state index contributed by atoms with van der Waals surface area (Å²) in [5, 5.41) is 3.38. The molecular formula is C22H17NO5. The lowest BCUT2D eigenvalue weighted by molar-refractivity contribution is 0.0996. The van der Waals surface area contributed by atoms with Gasteiger partial charge in [-0.2, -0.15) is 0 Å². The first kappa shape index (κ1) is 17.6. The van der Waals surface area contributed by atoms with Gasteiger partial charge in [0.15, 0.2) is 11.5 Å². The summed E-state index contributed by atoms with van der Waals surface area (Å²) in [6.07, 6.45) is 1.41. The fourth-order valence-electron chi connectivity index (χ4n) is 2.91. The Bertz CT molecular complexity index is 1120. The molecule has 1 amide bonds. The van der Waals surface area contributed by atoms with Crippen LogP contribution in [0.4, 0.5) is 5.69 Å². The number of ketones is 1. The molecule has 6 nitrogen and oxygen atoms in total. The number of carbonyl (C=O) groups is 2. The zero-order chi connectivity index (χ0) is 19.5. The molecule has 0 atom stereocenters. The number of nitrogens with one attached hydrogen (secondary N) is 1. The van der Waals surface area contributed by atoms with E-state index in [2.05, 4.69) is 5.32 Å². The molecule has 6 heteroatoms. The number of anilines is 1. The molecule has 0 saturated heterocycles. The molecule has 0 radical (unpaired) electrons. The van der Waals surface area contributed by atoms with E-state index in [9.17, 15) is 9.59 Å². The smallest absolute Gasteiger partial charge is 0.291 e. The third-order valence-corrected chi connectivity index (χ3v) is 4.21. The Morgan fingerprint density at radius 2 is 1.79 bits per heavy atom. The summed E-state index contributed by atoms with van der Waals surface area (Å²) in [5.74, 6) is 0.0799. The molecule has 0 saturated carbocycles. The zero-order valence-corrected chi connectivity index (χ0v) is 15.1. The largest absolute Gasteiger partial charge is 0.494 e. The maximum Gasteiger partial charge on any atom is 0.291 e. The number of hydrogen-bond acceptors (Lipinski definition) is 5. The molecule has 0 fully saturated rings. The Labute approximate surface area is 160 Å². The van der Waals surface area contributed by atoms with Crippen LogP contribution < -0.4 is 10.1 Å². The van der Waals surface area contributed by atoms with Crippen molar-refractivity contribution >= 4 is 28.3 Å². The van der Waals surface area contributed by atoms with E-state index in [4.69, 9.17) is 13.6 Å². The van der Waals surface area contributed by atoms with Crippen LogP contribution in [0.2, 0.25) is 0 Å². The van der Waals surface area contributed by atoms with Crippen molar-refractivity contribution in [3.05, 3.63) is 84.0 Å². The van der Waals surface area contributed by atoms with Gasteiger partial charge in [0, 0.05) is 10.9 Å². The van der Waals surface area contributed by atoms with Crippen LogP contribution in [0.25, 0.3) is 11.0 Å². The van der Waals surface area contributed by atoms with Crippen molar-refractivity contribution in [2.45, 2.75) is 6.92 Å². The van der Waals surface area contributed by atoms with Crippen LogP contribution >= 0.6 is 0 Å². The van der Waals surface area contributed by atoms with E-state index >= 15 is 0 Å². The molecule has 0 aliphatic carbocycles. The first-order chi connectivity index (χ1) is 13.7. The second-order valence-corrected chi connectivity index (χ2v) is 6.02. The van der Waals surface area contributed by atoms with E-state index in [0.717, 1.165) is 0 Å². The number of ether oxygens (including phenoxy) is 1. The molecule has 2 aromatic carbocycles. The number of benzene rings is 2. The van der Waals surface area contributed by atoms with Crippen LogP contribution in [0, 0.1) is 0 Å². The maximum atomic E-state index is 13.1. The minimum Gasteiger partial charge on any atom is -0.494 e. The summed E-state index contributed by atoms with van der Waals surface area (Å²) >= 11 is 0. The van der Waals surface area contributed by atoms with Crippen molar-refractivity contribution in [3.8, 4) is 5.75 Å². The van der Waals surface area contributed by atoms with E-state index in [1.807, 2.05) is 13.0 Å². The van der Waals surface area contributed by atoms with Gasteiger partial charge in [0.25, 0.3) is 5.91 Å². The van der Waals surface area contributed by atoms with Crippen molar-refractivity contribution in [3.63, 3.8) is 0 Å². The van der Waals surface area contributed by atoms with Crippen molar-refractivity contribution < 1.29 is 23.2 Å². The lowest BCUT2D eigenvalue weighted by Crippen LogP contribution is -2.13. The second kappa shape index (κ2) is 7.44. The number of fused-ring (bicyclic) bond motifs is 1. The number of furan rings is 2. The average Bonchev–Trinajstić information content (AvgIpc) is 3.37. The van der Waals surface area contributed by atoms with Gasteiger partial charge < -0.3 is 18.9 Å². The highest BCUT2D eigenvalue weighted by Crippen LogP contribution is 2.33. The molecule has 0 aliphatic heterocycles. The monoisotopic (exact) mass is 375 g/mol. The fourth-order valence-corrected chi connectivity index (χ4v) is 2.91. The predicted molar refractivity (Wildman–Crippen MR) is 104 cm³/mol. The number of para-hydroxylation sites is 1. The Balaban J connectivity index is 1.73. The van der Waals surface area contributed by atoms with Gasteiger partial charge in [-0.3, -0.25) is 9.59 Å². The van der Waals surface area contributed by atoms with E-state index in [0.29, 0.717) is 34.6 Å². The molecule has 2 aromatic heterocycles. The van der Waals surface area contributed by atoms with Crippen LogP contribution in [-0.2, 0) is 0 Å². The standard InChI is InChI=1S/C22H17NO5/c1-2-26-15-11-9-14(10-12-15)20(24)21-19(16-6-3-4-7-17(16)28-21)23-22(25)18-8-5-13-27-18/h3-13H,2H2,1H3,(H,23,25). The van der Waals surface area contributed by atoms with E-state index < -0.39 is 5.91 Å². The minimum atomic E-state index is -0.461. The highest BCUT2D eigenvalue weighted by molar-refractivity contribution is 6.18. The van der Waals surface area contributed by atoms with E-state index in [1.165, 1.54) is 6.26 Å². The van der Waals surface area contributed by atoms with Crippen molar-refractivity contribution in [2.24, 2.45) is 0 Å². The third kappa shape index (κ3) is 3.27. The summed E-state index contributed by atoms with van der Waals surface area (Å²) in [6, 6.07) is 17.1. The Morgan fingerprint density at radius 3 is 2.50 bits per heavy atom. The SMILES string of the molecule is CCOc1ccc(C(=O)c2oc3ccccc3c2NC(=O)c2ccco2)cc1. The van der Waals surface area contributed by atoms with Crippen molar-refractivity contribution in [1.82, 2.24) is 0 Å². The molecule has 0 bridgehead atoms. The van der Waals surface area contributed by atoms with Crippen molar-refractivity contribution in [1.29, 1.82) is 0 Å². The molecule has 2 heterocycles. The summed E-state index contributed by atoms with van der Waals surface area (Å²) < 4.78 is 16.3. The summed E-state index contributed by atoms with van der Waals surface area (Å²) in [5.41, 5.74) is 1.25. The highest BCUT2D eigenvalue weighted by atomic mass is 16.5. The molecule has 28 heavy (non-hydrogen) atoms. The zero-order valence-electron chi connectivity index (χ0n) is 15.1. The Morgan fingerprint density at radius 1 is 1.00 bits per heavy atom. The number of hydrogen-bond donors (Lipinski definition) is 1. The normalized spacial score (nSPS) is 10.8. The van der Waals surface area contributed by atoms with Gasteiger partial charge >= 0.3 is 0 Å². The quantitative estimate of drug-likeness (QED) is 0.484. The molecule has 0 spiro atoms. The minimum absolute atomic E-state index is 0.0604. The van der Waals surface area contributed by atoms with Gasteiger partial charge in [0.05, 0.1) is 18.6 Å². The number of amides is 1. The van der Waals surface area contributed by atoms with Crippen LogP contribution in [0.15, 0.2) is 75.8 Å². The van der Waals surface area contributed by atoms with E-state index in [-0.39, 0.29) is 17.3 Å². The van der Waals surface area contributed by atoms with Gasteiger partial charge in [0.1, 0.15) is 11.3 Å². The van der Waals surface area contributed by atoms with Crippen LogP contribution in [0.5, 0.6) is 5.75 Å². The first-order valence-electron chi connectivity index (χ1n) is 8.81. The predicted octanol–water partition coefficient (Wildman–Crippen LogP) is 4.91. The van der Waals surface area contributed by atoms with Crippen molar-refractivity contribution in [2.75, 3.05) is 11.9 Å². The lowest BCUT2D eigenvalue weighted by atomic mass is 10.1. The molecule has 4 rings (SSSR count). The van der Waals surface area contributed by atoms with Gasteiger partial charge in [0.2, 0.25) is 5.78 Å². The topological polar surface area (TPSA) is 81.7 Å². The van der Waals surface area contributed by atoms with Crippen LogP contribution in [0.1, 0.15) is 33.6 Å². The van der Waals surface area contributed by atoms with Gasteiger partial charge in [-0.25, -0.2) is 0 Å². The summed E-state index contributed by atoms with van der Waals surface area (Å²) in [7, 11) is 0. The lowest BCUT2D eigenvalue weighted by Gasteiger charge is -2.06. The number of carbonyl (C=O) groups excluding carboxylic acids is 2. The second-order valence-electron chi connectivity index (χ2n) is 6.02. The average molecular weight is 375 g/mol. The molecule has 140 valence electrons. The highest BCUT2D eigenvalue weighted by Gasteiger charge is 2.24. The Hall–Kier alpha value is -3.80. The number of rotatable bonds is 6. The third-order valence-electron chi connectivity index (χ3n) is 4.21. The van der Waals surface area contributed by atoms with Gasteiger partial charge in [-0.15, -0.1) is 0 Å². The molecule has 4 aromatic rings. The molecule has 0 aliphatic rings. The van der Waals surface area contributed by atoms with Crippen LogP contribution in [0.3, 0.4) is 0 Å². The van der Waals surface area contributed by atoms with E-state index in [1.54, 1.807) is 54.6 Å². The summed E-state index contributed by atoms with van der Waals surface area (Å²) in [6.45, 7) is 2.43. The fraction of sp³-hybridized carbons (Fsp3) is 0.0909. The van der Waals surface area contributed by atoms with Crippen LogP contribution in [-0.4, -0.2) is 18.3 Å². The molecule has 0 unspecified atom stereocenters. The van der Waals surface area contributed by atoms with Gasteiger partial charge in [-0.05, 0) is 55.5 Å². The molecular weight excluding hydrogens is 358 g/mol.